The van der Waals surface area contributed by atoms with Gasteiger partial charge in [0.2, 0.25) is 0 Å². The van der Waals surface area contributed by atoms with Gasteiger partial charge in [0.1, 0.15) is 5.75 Å². The Morgan fingerprint density at radius 2 is 1.65 bits per heavy atom. The molecule has 1 aromatic rings. The molecule has 0 radical (unpaired) electrons. The van der Waals surface area contributed by atoms with Crippen molar-refractivity contribution in [1.82, 2.24) is 0 Å². The number of hydrogen-bond acceptors (Lipinski definition) is 2. The van der Waals surface area contributed by atoms with Crippen molar-refractivity contribution >= 4 is 15.9 Å². The smallest absolute Gasteiger partial charge is 0.126 e. The van der Waals surface area contributed by atoms with Gasteiger partial charge in [0.25, 0.3) is 0 Å². The highest BCUT2D eigenvalue weighted by molar-refractivity contribution is 9.10. The van der Waals surface area contributed by atoms with Crippen LogP contribution in [0, 0.1) is 20.8 Å². The van der Waals surface area contributed by atoms with Crippen LogP contribution < -0.4 is 10.5 Å². The van der Waals surface area contributed by atoms with Crippen LogP contribution in [0.4, 0.5) is 0 Å². The van der Waals surface area contributed by atoms with Crippen LogP contribution >= 0.6 is 15.9 Å². The first kappa shape index (κ1) is 15.8. The minimum Gasteiger partial charge on any atom is -0.496 e. The molecule has 0 saturated heterocycles. The minimum absolute atomic E-state index is 0.0919. The summed E-state index contributed by atoms with van der Waals surface area (Å²) in [5, 5.41) is 0. The molecule has 1 aliphatic rings. The van der Waals surface area contributed by atoms with E-state index in [1.54, 1.807) is 7.11 Å². The first-order valence-corrected chi connectivity index (χ1v) is 8.31. The Labute approximate surface area is 131 Å². The van der Waals surface area contributed by atoms with Crippen LogP contribution in [0.1, 0.15) is 54.4 Å². The quantitative estimate of drug-likeness (QED) is 0.876. The molecule has 2 rings (SSSR count). The Hall–Kier alpha value is -0.540. The van der Waals surface area contributed by atoms with Crippen molar-refractivity contribution in [3.63, 3.8) is 0 Å². The van der Waals surface area contributed by atoms with E-state index in [0.29, 0.717) is 6.54 Å². The molecule has 3 heteroatoms. The van der Waals surface area contributed by atoms with Crippen LogP contribution in [0.25, 0.3) is 0 Å². The van der Waals surface area contributed by atoms with Crippen LogP contribution in [0.15, 0.2) is 4.47 Å². The Morgan fingerprint density at radius 1 is 1.05 bits per heavy atom. The summed E-state index contributed by atoms with van der Waals surface area (Å²) in [6.07, 6.45) is 6.22. The predicted molar refractivity (Wildman–Crippen MR) is 88.7 cm³/mol. The van der Waals surface area contributed by atoms with Gasteiger partial charge in [0, 0.05) is 22.0 Å². The Bertz CT molecular complexity index is 504. The fourth-order valence-corrected chi connectivity index (χ4v) is 4.26. The highest BCUT2D eigenvalue weighted by Crippen LogP contribution is 2.48. The van der Waals surface area contributed by atoms with Crippen LogP contribution in [0.2, 0.25) is 0 Å². The minimum atomic E-state index is 0.0919. The van der Waals surface area contributed by atoms with E-state index < -0.39 is 0 Å². The standard InChI is InChI=1S/C17H26BrNO/c1-11-12(2)16(20-4)14(13(3)15(11)18)17(10-19)8-6-5-7-9-17/h5-10,19H2,1-4H3. The number of halogens is 1. The Kier molecular flexibility index (Phi) is 4.80. The molecule has 1 saturated carbocycles. The average molecular weight is 340 g/mol. The lowest BCUT2D eigenvalue weighted by molar-refractivity contribution is 0.285. The van der Waals surface area contributed by atoms with Gasteiger partial charge in [0.05, 0.1) is 7.11 Å². The fraction of sp³-hybridized carbons (Fsp3) is 0.647. The van der Waals surface area contributed by atoms with Crippen molar-refractivity contribution in [1.29, 1.82) is 0 Å². The molecule has 0 amide bonds. The van der Waals surface area contributed by atoms with Crippen molar-refractivity contribution < 1.29 is 4.74 Å². The van der Waals surface area contributed by atoms with E-state index in [-0.39, 0.29) is 5.41 Å². The summed E-state index contributed by atoms with van der Waals surface area (Å²) in [5.74, 6) is 1.05. The van der Waals surface area contributed by atoms with E-state index in [1.807, 2.05) is 0 Å². The topological polar surface area (TPSA) is 35.2 Å². The molecular weight excluding hydrogens is 314 g/mol. The molecule has 1 fully saturated rings. The summed E-state index contributed by atoms with van der Waals surface area (Å²) in [5.41, 5.74) is 11.5. The first-order valence-electron chi connectivity index (χ1n) is 7.52. The largest absolute Gasteiger partial charge is 0.496 e. The fourth-order valence-electron chi connectivity index (χ4n) is 3.76. The van der Waals surface area contributed by atoms with Gasteiger partial charge in [-0.15, -0.1) is 0 Å². The molecule has 2 nitrogen and oxygen atoms in total. The lowest BCUT2D eigenvalue weighted by atomic mass is 9.67. The van der Waals surface area contributed by atoms with Gasteiger partial charge < -0.3 is 10.5 Å². The van der Waals surface area contributed by atoms with Gasteiger partial charge in [-0.3, -0.25) is 0 Å². The first-order chi connectivity index (χ1) is 9.48. The van der Waals surface area contributed by atoms with E-state index >= 15 is 0 Å². The van der Waals surface area contributed by atoms with Crippen molar-refractivity contribution in [2.75, 3.05) is 13.7 Å². The summed E-state index contributed by atoms with van der Waals surface area (Å²) in [7, 11) is 1.78. The van der Waals surface area contributed by atoms with Gasteiger partial charge in [-0.2, -0.15) is 0 Å². The van der Waals surface area contributed by atoms with Crippen molar-refractivity contribution in [3.05, 3.63) is 26.7 Å². The molecule has 1 aromatic carbocycles. The normalized spacial score (nSPS) is 18.1. The summed E-state index contributed by atoms with van der Waals surface area (Å²) in [6.45, 7) is 7.20. The maximum absolute atomic E-state index is 6.23. The molecule has 1 aliphatic carbocycles. The van der Waals surface area contributed by atoms with Crippen molar-refractivity contribution in [2.45, 2.75) is 58.3 Å². The zero-order chi connectivity index (χ0) is 14.9. The third-order valence-corrected chi connectivity index (χ3v) is 6.29. The third-order valence-electron chi connectivity index (χ3n) is 5.10. The third kappa shape index (κ3) is 2.39. The molecule has 0 bridgehead atoms. The van der Waals surface area contributed by atoms with Crippen LogP contribution in [-0.4, -0.2) is 13.7 Å². The SMILES string of the molecule is COc1c(C)c(C)c(Br)c(C)c1C1(CN)CCCCC1. The van der Waals surface area contributed by atoms with E-state index in [4.69, 9.17) is 10.5 Å². The number of hydrogen-bond donors (Lipinski definition) is 1. The number of nitrogens with two attached hydrogens (primary N) is 1. The molecule has 2 N–H and O–H groups in total. The maximum atomic E-state index is 6.23. The second-order valence-electron chi connectivity index (χ2n) is 6.14. The number of ether oxygens (including phenoxy) is 1. The van der Waals surface area contributed by atoms with E-state index in [2.05, 4.69) is 36.7 Å². The summed E-state index contributed by atoms with van der Waals surface area (Å²) >= 11 is 3.77. The molecule has 20 heavy (non-hydrogen) atoms. The van der Waals surface area contributed by atoms with Crippen LogP contribution in [0.3, 0.4) is 0 Å². The zero-order valence-corrected chi connectivity index (χ0v) is 14.7. The molecule has 112 valence electrons. The molecular formula is C17H26BrNO. The lowest BCUT2D eigenvalue weighted by Crippen LogP contribution is -2.38. The highest BCUT2D eigenvalue weighted by Gasteiger charge is 2.37. The molecule has 0 spiro atoms. The van der Waals surface area contributed by atoms with Crippen LogP contribution in [0.5, 0.6) is 5.75 Å². The number of rotatable bonds is 3. The van der Waals surface area contributed by atoms with Crippen molar-refractivity contribution in [2.24, 2.45) is 5.73 Å². The van der Waals surface area contributed by atoms with Crippen molar-refractivity contribution in [3.8, 4) is 5.75 Å². The van der Waals surface area contributed by atoms with Gasteiger partial charge in [-0.25, -0.2) is 0 Å². The molecule has 0 aromatic heterocycles. The van der Waals surface area contributed by atoms with Gasteiger partial charge in [-0.05, 0) is 50.3 Å². The second kappa shape index (κ2) is 6.07. The Morgan fingerprint density at radius 3 is 2.15 bits per heavy atom. The monoisotopic (exact) mass is 339 g/mol. The summed E-state index contributed by atoms with van der Waals surface area (Å²) in [4.78, 5) is 0. The number of methoxy groups -OCH3 is 1. The molecule has 0 heterocycles. The highest BCUT2D eigenvalue weighted by atomic mass is 79.9. The van der Waals surface area contributed by atoms with Gasteiger partial charge in [-0.1, -0.05) is 35.2 Å². The molecule has 0 unspecified atom stereocenters. The van der Waals surface area contributed by atoms with Gasteiger partial charge in [0.15, 0.2) is 0 Å². The second-order valence-corrected chi connectivity index (χ2v) is 6.94. The van der Waals surface area contributed by atoms with Crippen LogP contribution in [-0.2, 0) is 5.41 Å². The van der Waals surface area contributed by atoms with E-state index in [9.17, 15) is 0 Å². The summed E-state index contributed by atoms with van der Waals surface area (Å²) in [6, 6.07) is 0. The maximum Gasteiger partial charge on any atom is 0.126 e. The summed E-state index contributed by atoms with van der Waals surface area (Å²) < 4.78 is 7.01. The predicted octanol–water partition coefficient (Wildman–Crippen LogP) is 4.54. The zero-order valence-electron chi connectivity index (χ0n) is 13.1. The number of benzene rings is 1. The lowest BCUT2D eigenvalue weighted by Gasteiger charge is -2.39. The van der Waals surface area contributed by atoms with Gasteiger partial charge >= 0.3 is 0 Å². The molecule has 0 atom stereocenters. The molecule has 0 aliphatic heterocycles. The van der Waals surface area contributed by atoms with E-state index in [0.717, 1.165) is 5.75 Å². The Balaban J connectivity index is 2.71. The van der Waals surface area contributed by atoms with E-state index in [1.165, 1.54) is 58.8 Å². The average Bonchev–Trinajstić information content (AvgIpc) is 2.49.